The fourth-order valence-corrected chi connectivity index (χ4v) is 6.32. The number of Topliss-reactive ketones (excluding diaryl/α,β-unsaturated/α-hetero) is 2. The third-order valence-corrected chi connectivity index (χ3v) is 8.95. The van der Waals surface area contributed by atoms with Gasteiger partial charge in [-0.1, -0.05) is 6.07 Å². The average molecular weight is 530 g/mol. The summed E-state index contributed by atoms with van der Waals surface area (Å²) in [5, 5.41) is 10.2. The van der Waals surface area contributed by atoms with Crippen LogP contribution in [0.3, 0.4) is 0 Å². The Kier molecular flexibility index (Phi) is 6.20. The topological polar surface area (TPSA) is 132 Å². The van der Waals surface area contributed by atoms with E-state index in [1.807, 2.05) is 12.1 Å². The summed E-state index contributed by atoms with van der Waals surface area (Å²) in [4.78, 5) is 54.7. The van der Waals surface area contributed by atoms with Crippen LogP contribution < -0.4 is 15.4 Å². The van der Waals surface area contributed by atoms with Crippen molar-refractivity contribution >= 4 is 29.0 Å². The molecule has 3 saturated carbocycles. The number of benzene rings is 1. The Morgan fingerprint density at radius 1 is 1.00 bits per heavy atom. The summed E-state index contributed by atoms with van der Waals surface area (Å²) < 4.78 is 6.87. The number of nitrogens with zero attached hydrogens (tertiary/aromatic N) is 3. The molecule has 0 spiro atoms. The van der Waals surface area contributed by atoms with Crippen LogP contribution in [-0.4, -0.2) is 51.1 Å². The Labute approximate surface area is 225 Å². The predicted octanol–water partition coefficient (Wildman–Crippen LogP) is 2.82. The maximum Gasteiger partial charge on any atom is 0.270 e. The number of fused-ring (bicyclic) bond motifs is 5. The molecule has 39 heavy (non-hydrogen) atoms. The summed E-state index contributed by atoms with van der Waals surface area (Å²) in [7, 11) is 0. The van der Waals surface area contributed by atoms with E-state index in [1.54, 1.807) is 25.3 Å². The Morgan fingerprint density at radius 3 is 2.51 bits per heavy atom. The first-order valence-electron chi connectivity index (χ1n) is 13.4. The van der Waals surface area contributed by atoms with Crippen molar-refractivity contribution in [1.82, 2.24) is 25.2 Å². The van der Waals surface area contributed by atoms with Gasteiger partial charge in [0.05, 0.1) is 6.20 Å². The van der Waals surface area contributed by atoms with Gasteiger partial charge in [0.15, 0.2) is 11.4 Å². The minimum absolute atomic E-state index is 0.00779. The number of hydrogen-bond acceptors (Lipinski definition) is 7. The molecule has 10 nitrogen and oxygen atoms in total. The van der Waals surface area contributed by atoms with Crippen LogP contribution in [0.5, 0.6) is 5.75 Å². The van der Waals surface area contributed by atoms with Gasteiger partial charge >= 0.3 is 0 Å². The van der Waals surface area contributed by atoms with Crippen molar-refractivity contribution in [2.45, 2.75) is 58.4 Å². The van der Waals surface area contributed by atoms with E-state index in [4.69, 9.17) is 4.74 Å². The minimum atomic E-state index is -0.420. The van der Waals surface area contributed by atoms with E-state index < -0.39 is 5.91 Å². The summed E-state index contributed by atoms with van der Waals surface area (Å²) in [6.45, 7) is 2.55. The molecule has 3 heterocycles. The second kappa shape index (κ2) is 9.59. The molecule has 1 aliphatic heterocycles. The number of amides is 2. The molecule has 202 valence electrons. The molecular weight excluding hydrogens is 498 g/mol. The number of aromatic nitrogens is 3. The van der Waals surface area contributed by atoms with Crippen molar-refractivity contribution in [2.75, 3.05) is 13.2 Å². The number of hydrogen-bond donors (Lipinski definition) is 2. The lowest BCUT2D eigenvalue weighted by atomic mass is 9.52. The van der Waals surface area contributed by atoms with E-state index >= 15 is 0 Å². The summed E-state index contributed by atoms with van der Waals surface area (Å²) in [5.41, 5.74) is 2.23. The van der Waals surface area contributed by atoms with Crippen LogP contribution in [0.4, 0.5) is 0 Å². The molecule has 3 aromatic rings. The molecular formula is C29H31N5O5. The number of ketones is 2. The first-order valence-corrected chi connectivity index (χ1v) is 13.4. The van der Waals surface area contributed by atoms with Crippen molar-refractivity contribution in [3.63, 3.8) is 0 Å². The van der Waals surface area contributed by atoms with E-state index in [0.29, 0.717) is 30.1 Å². The lowest BCUT2D eigenvalue weighted by Crippen LogP contribution is -2.49. The Hall–Kier alpha value is -4.08. The summed E-state index contributed by atoms with van der Waals surface area (Å²) in [6, 6.07) is 8.62. The molecule has 0 unspecified atom stereocenters. The van der Waals surface area contributed by atoms with E-state index in [-0.39, 0.29) is 47.1 Å². The molecule has 0 radical (unpaired) electrons. The van der Waals surface area contributed by atoms with Gasteiger partial charge in [-0.05, 0) is 68.6 Å². The third-order valence-electron chi connectivity index (χ3n) is 8.95. The molecule has 2 bridgehead atoms. The van der Waals surface area contributed by atoms with Crippen LogP contribution >= 0.6 is 0 Å². The van der Waals surface area contributed by atoms with Gasteiger partial charge in [-0.3, -0.25) is 19.2 Å². The van der Waals surface area contributed by atoms with E-state index in [2.05, 4.69) is 20.7 Å². The van der Waals surface area contributed by atoms with Crippen molar-refractivity contribution < 1.29 is 23.9 Å². The number of ether oxygens (including phenoxy) is 1. The van der Waals surface area contributed by atoms with E-state index in [9.17, 15) is 19.2 Å². The lowest BCUT2D eigenvalue weighted by Gasteiger charge is -2.52. The van der Waals surface area contributed by atoms with Crippen LogP contribution in [0, 0.1) is 10.8 Å². The van der Waals surface area contributed by atoms with Gasteiger partial charge < -0.3 is 15.4 Å². The second-order valence-electron chi connectivity index (χ2n) is 11.3. The quantitative estimate of drug-likeness (QED) is 0.481. The van der Waals surface area contributed by atoms with E-state index in [1.165, 1.54) is 10.6 Å². The molecule has 2 aromatic heterocycles. The van der Waals surface area contributed by atoms with Gasteiger partial charge in [0.2, 0.25) is 0 Å². The number of carbonyl (C=O) groups is 4. The zero-order valence-corrected chi connectivity index (χ0v) is 21.9. The molecule has 0 saturated heterocycles. The largest absolute Gasteiger partial charge is 0.486 e. The van der Waals surface area contributed by atoms with Crippen LogP contribution in [-0.2, 0) is 22.6 Å². The highest BCUT2D eigenvalue weighted by molar-refractivity contribution is 5.98. The van der Waals surface area contributed by atoms with Crippen molar-refractivity contribution in [3.05, 3.63) is 59.0 Å². The zero-order valence-electron chi connectivity index (χ0n) is 21.9. The molecule has 0 atom stereocenters. The highest BCUT2D eigenvalue weighted by Gasteiger charge is 2.50. The molecule has 1 aromatic carbocycles. The SMILES string of the molecule is CC(=O)C12CCC(CNC(=O)c3cc(C(=O)NCc4ccc5c(c4)CC(=O)CO5)nc4ccnn34)(CC1)CC2. The van der Waals surface area contributed by atoms with Gasteiger partial charge in [0.1, 0.15) is 29.5 Å². The number of carbonyl (C=O) groups excluding carboxylic acids is 4. The molecule has 7 rings (SSSR count). The molecule has 10 heteroatoms. The fourth-order valence-electron chi connectivity index (χ4n) is 6.32. The highest BCUT2D eigenvalue weighted by Crippen LogP contribution is 2.56. The maximum atomic E-state index is 13.3. The average Bonchev–Trinajstić information content (AvgIpc) is 3.44. The van der Waals surface area contributed by atoms with Crippen LogP contribution in [0.2, 0.25) is 0 Å². The summed E-state index contributed by atoms with van der Waals surface area (Å²) in [6.07, 6.45) is 7.29. The molecule has 2 amide bonds. The normalized spacial score (nSPS) is 23.7. The smallest absolute Gasteiger partial charge is 0.270 e. The zero-order chi connectivity index (χ0) is 27.2. The van der Waals surface area contributed by atoms with Crippen molar-refractivity contribution in [3.8, 4) is 5.75 Å². The second-order valence-corrected chi connectivity index (χ2v) is 11.3. The minimum Gasteiger partial charge on any atom is -0.486 e. The number of nitrogens with one attached hydrogen (secondary N) is 2. The first kappa shape index (κ1) is 25.2. The maximum absolute atomic E-state index is 13.3. The van der Waals surface area contributed by atoms with Crippen LogP contribution in [0.1, 0.15) is 77.6 Å². The van der Waals surface area contributed by atoms with Crippen LogP contribution in [0.25, 0.3) is 5.65 Å². The van der Waals surface area contributed by atoms with Gasteiger partial charge in [-0.2, -0.15) is 5.10 Å². The molecule has 2 N–H and O–H groups in total. The number of rotatable bonds is 7. The van der Waals surface area contributed by atoms with Gasteiger partial charge in [0.25, 0.3) is 11.8 Å². The molecule has 3 aliphatic carbocycles. The summed E-state index contributed by atoms with van der Waals surface area (Å²) >= 11 is 0. The standard InChI is InChI=1S/C29H31N5O5/c1-18(35)29-8-5-28(6-9-29,7-10-29)17-31-27(38)23-14-22(33-25-4-11-32-34(23)25)26(37)30-15-19-2-3-24-20(12-19)13-21(36)16-39-24/h2-4,11-12,14H,5-10,13,15-17H2,1H3,(H,30,37)(H,31,38). The van der Waals surface area contributed by atoms with E-state index in [0.717, 1.165) is 49.7 Å². The molecule has 3 fully saturated rings. The Bertz CT molecular complexity index is 1480. The van der Waals surface area contributed by atoms with Crippen molar-refractivity contribution in [2.24, 2.45) is 10.8 Å². The van der Waals surface area contributed by atoms with Gasteiger partial charge in [-0.25, -0.2) is 9.50 Å². The van der Waals surface area contributed by atoms with Gasteiger partial charge in [-0.15, -0.1) is 0 Å². The Morgan fingerprint density at radius 2 is 1.77 bits per heavy atom. The lowest BCUT2D eigenvalue weighted by molar-refractivity contribution is -0.135. The fraction of sp³-hybridized carbons (Fsp3) is 0.448. The predicted molar refractivity (Wildman–Crippen MR) is 140 cm³/mol. The molecule has 4 aliphatic rings. The third kappa shape index (κ3) is 4.68. The Balaban J connectivity index is 1.14. The summed E-state index contributed by atoms with van der Waals surface area (Å²) in [5.74, 6) is 0.259. The monoisotopic (exact) mass is 529 g/mol. The van der Waals surface area contributed by atoms with Crippen LogP contribution in [0.15, 0.2) is 36.5 Å². The first-order chi connectivity index (χ1) is 18.8. The van der Waals surface area contributed by atoms with Gasteiger partial charge in [0, 0.05) is 42.6 Å². The highest BCUT2D eigenvalue weighted by atomic mass is 16.5. The van der Waals surface area contributed by atoms with Crippen molar-refractivity contribution in [1.29, 1.82) is 0 Å².